The molecule has 1 atom stereocenters. The number of unbranched alkanes of at least 4 members (excludes halogenated alkanes) is 9. The van der Waals surface area contributed by atoms with E-state index in [0.29, 0.717) is 29.2 Å². The molecule has 0 aliphatic carbocycles. The van der Waals surface area contributed by atoms with Gasteiger partial charge in [-0.3, -0.25) is 14.4 Å². The van der Waals surface area contributed by atoms with Crippen LogP contribution in [-0.4, -0.2) is 62.4 Å². The lowest BCUT2D eigenvalue weighted by Crippen LogP contribution is -2.40. The van der Waals surface area contributed by atoms with Gasteiger partial charge in [0.1, 0.15) is 30.1 Å². The lowest BCUT2D eigenvalue weighted by Gasteiger charge is -2.26. The van der Waals surface area contributed by atoms with Gasteiger partial charge in [-0.05, 0) is 92.8 Å². The van der Waals surface area contributed by atoms with E-state index in [0.717, 1.165) is 75.3 Å². The summed E-state index contributed by atoms with van der Waals surface area (Å²) in [6.07, 6.45) is 12.2. The number of rotatable bonds is 26. The molecule has 0 aliphatic rings. The van der Waals surface area contributed by atoms with Crippen molar-refractivity contribution >= 4 is 29.8 Å². The molecule has 3 aromatic carbocycles. The summed E-state index contributed by atoms with van der Waals surface area (Å²) in [6, 6.07) is 21.5. The minimum absolute atomic E-state index is 0.116. The number of hydrogen-bond donors (Lipinski definition) is 0. The van der Waals surface area contributed by atoms with E-state index in [-0.39, 0.29) is 31.9 Å². The Hall–Kier alpha value is -5.19. The van der Waals surface area contributed by atoms with Crippen LogP contribution in [0.4, 0.5) is 0 Å². The van der Waals surface area contributed by atoms with Crippen LogP contribution in [0.5, 0.6) is 11.5 Å². The average Bonchev–Trinajstić information content (AvgIpc) is 3.20. The maximum absolute atomic E-state index is 12.8. The van der Waals surface area contributed by atoms with Crippen molar-refractivity contribution in [1.29, 1.82) is 0 Å². The summed E-state index contributed by atoms with van der Waals surface area (Å²) in [5.74, 6) is -1.23. The van der Waals surface area contributed by atoms with Crippen molar-refractivity contribution in [3.63, 3.8) is 0 Å². The molecule has 0 amide bonds. The molecule has 0 bridgehead atoms. The second kappa shape index (κ2) is 25.1. The maximum Gasteiger partial charge on any atom is 0.343 e. The predicted octanol–water partition coefficient (Wildman–Crippen LogP) is 9.87. The SMILES string of the molecule is CCCC(C)OC(=O)c1ccc(-c2ccc(OC(=O)c3ccc(OCCCCCCCCCCCCOC(=O)C(C)(COC(C)=O)COC(C)=O)cc3)cc2)cc1. The molecule has 3 aromatic rings. The van der Waals surface area contributed by atoms with Crippen molar-refractivity contribution in [3.05, 3.63) is 83.9 Å². The van der Waals surface area contributed by atoms with Crippen LogP contribution in [0.25, 0.3) is 11.1 Å². The van der Waals surface area contributed by atoms with Crippen LogP contribution in [0.15, 0.2) is 72.8 Å². The third kappa shape index (κ3) is 17.7. The van der Waals surface area contributed by atoms with Crippen LogP contribution in [0, 0.1) is 5.41 Å². The first-order chi connectivity index (χ1) is 27.4. The molecular weight excluding hydrogens is 728 g/mol. The monoisotopic (exact) mass is 788 g/mol. The first-order valence-electron chi connectivity index (χ1n) is 20.2. The van der Waals surface area contributed by atoms with Gasteiger partial charge in [0.25, 0.3) is 0 Å². The summed E-state index contributed by atoms with van der Waals surface area (Å²) >= 11 is 0. The second-order valence-corrected chi connectivity index (χ2v) is 14.7. The zero-order valence-electron chi connectivity index (χ0n) is 34.3. The van der Waals surface area contributed by atoms with Crippen molar-refractivity contribution in [2.24, 2.45) is 5.41 Å². The van der Waals surface area contributed by atoms with Crippen LogP contribution in [-0.2, 0) is 33.3 Å². The summed E-state index contributed by atoms with van der Waals surface area (Å²) in [5, 5.41) is 0. The highest BCUT2D eigenvalue weighted by molar-refractivity contribution is 5.91. The van der Waals surface area contributed by atoms with Gasteiger partial charge in [0, 0.05) is 13.8 Å². The highest BCUT2D eigenvalue weighted by atomic mass is 16.6. The van der Waals surface area contributed by atoms with Crippen LogP contribution < -0.4 is 9.47 Å². The molecule has 57 heavy (non-hydrogen) atoms. The van der Waals surface area contributed by atoms with Crippen molar-refractivity contribution in [2.75, 3.05) is 26.4 Å². The maximum atomic E-state index is 12.8. The van der Waals surface area contributed by atoms with Crippen LogP contribution in [0.3, 0.4) is 0 Å². The Labute approximate surface area is 337 Å². The third-order valence-electron chi connectivity index (χ3n) is 9.33. The van der Waals surface area contributed by atoms with Crippen molar-refractivity contribution in [1.82, 2.24) is 0 Å². The molecule has 11 heteroatoms. The fourth-order valence-corrected chi connectivity index (χ4v) is 5.91. The number of esters is 5. The standard InChI is InChI=1S/C46H60O11/c1-6-17-34(2)56-43(49)39-20-18-37(19-21-39)38-22-28-42(29-23-38)57-44(50)40-24-26-41(27-25-40)52-30-15-13-11-9-7-8-10-12-14-16-31-53-45(51)46(5,32-54-35(3)47)33-55-36(4)48/h18-29,34H,6-17,30-33H2,1-5H3. The van der Waals surface area contributed by atoms with E-state index in [4.69, 9.17) is 28.4 Å². The smallest absolute Gasteiger partial charge is 0.343 e. The molecule has 0 saturated carbocycles. The van der Waals surface area contributed by atoms with E-state index < -0.39 is 29.3 Å². The lowest BCUT2D eigenvalue weighted by molar-refractivity contribution is -0.169. The number of benzene rings is 3. The summed E-state index contributed by atoms with van der Waals surface area (Å²) in [4.78, 5) is 60.1. The van der Waals surface area contributed by atoms with E-state index in [1.807, 2.05) is 31.2 Å². The molecule has 0 saturated heterocycles. The van der Waals surface area contributed by atoms with Gasteiger partial charge in [-0.2, -0.15) is 0 Å². The molecule has 0 fully saturated rings. The van der Waals surface area contributed by atoms with Gasteiger partial charge < -0.3 is 28.4 Å². The molecular formula is C46H60O11. The number of ether oxygens (including phenoxy) is 6. The highest BCUT2D eigenvalue weighted by Gasteiger charge is 2.38. The largest absolute Gasteiger partial charge is 0.494 e. The fraction of sp³-hybridized carbons (Fsp3) is 0.500. The fourth-order valence-electron chi connectivity index (χ4n) is 5.91. The normalized spacial score (nSPS) is 11.6. The zero-order valence-corrected chi connectivity index (χ0v) is 34.3. The Kier molecular flexibility index (Phi) is 20.4. The van der Waals surface area contributed by atoms with Gasteiger partial charge in [-0.1, -0.05) is 89.0 Å². The Morgan fingerprint density at radius 1 is 0.561 bits per heavy atom. The van der Waals surface area contributed by atoms with E-state index in [1.54, 1.807) is 55.5 Å². The second-order valence-electron chi connectivity index (χ2n) is 14.7. The Balaban J connectivity index is 1.22. The van der Waals surface area contributed by atoms with Crippen LogP contribution in [0.2, 0.25) is 0 Å². The first kappa shape index (κ1) is 46.2. The van der Waals surface area contributed by atoms with E-state index in [1.165, 1.54) is 26.7 Å². The van der Waals surface area contributed by atoms with Gasteiger partial charge in [0.15, 0.2) is 0 Å². The Bertz CT molecular complexity index is 1660. The van der Waals surface area contributed by atoms with Crippen LogP contribution >= 0.6 is 0 Å². The summed E-state index contributed by atoms with van der Waals surface area (Å²) in [7, 11) is 0. The van der Waals surface area contributed by atoms with Crippen LogP contribution in [0.1, 0.15) is 132 Å². The summed E-state index contributed by atoms with van der Waals surface area (Å²) in [5.41, 5.74) is 1.56. The molecule has 0 radical (unpaired) electrons. The van der Waals surface area contributed by atoms with E-state index in [2.05, 4.69) is 6.92 Å². The molecule has 0 N–H and O–H groups in total. The number of carbonyl (C=O) groups is 5. The molecule has 11 nitrogen and oxygen atoms in total. The molecule has 1 unspecified atom stereocenters. The minimum atomic E-state index is -1.24. The Morgan fingerprint density at radius 2 is 1.00 bits per heavy atom. The topological polar surface area (TPSA) is 141 Å². The third-order valence-corrected chi connectivity index (χ3v) is 9.33. The van der Waals surface area contributed by atoms with E-state index in [9.17, 15) is 24.0 Å². The lowest BCUT2D eigenvalue weighted by atomic mass is 9.93. The van der Waals surface area contributed by atoms with Gasteiger partial charge in [-0.15, -0.1) is 0 Å². The summed E-state index contributed by atoms with van der Waals surface area (Å²) in [6.45, 7) is 8.46. The number of hydrogen-bond acceptors (Lipinski definition) is 11. The van der Waals surface area contributed by atoms with E-state index >= 15 is 0 Å². The zero-order chi connectivity index (χ0) is 41.5. The van der Waals surface area contributed by atoms with Crippen molar-refractivity contribution < 1.29 is 52.4 Å². The van der Waals surface area contributed by atoms with Gasteiger partial charge in [0.2, 0.25) is 0 Å². The molecule has 0 aromatic heterocycles. The van der Waals surface area contributed by atoms with Crippen molar-refractivity contribution in [2.45, 2.75) is 118 Å². The molecule has 0 heterocycles. The quantitative estimate of drug-likeness (QED) is 0.0332. The molecule has 3 rings (SSSR count). The molecule has 310 valence electrons. The molecule has 0 aliphatic heterocycles. The predicted molar refractivity (Wildman–Crippen MR) is 217 cm³/mol. The first-order valence-corrected chi connectivity index (χ1v) is 20.2. The summed E-state index contributed by atoms with van der Waals surface area (Å²) < 4.78 is 32.3. The number of carbonyl (C=O) groups excluding carboxylic acids is 5. The van der Waals surface area contributed by atoms with Gasteiger partial charge >= 0.3 is 29.8 Å². The van der Waals surface area contributed by atoms with Gasteiger partial charge in [-0.25, -0.2) is 9.59 Å². The minimum Gasteiger partial charge on any atom is -0.494 e. The average molecular weight is 789 g/mol. The van der Waals surface area contributed by atoms with Gasteiger partial charge in [0.05, 0.1) is 30.4 Å². The Morgan fingerprint density at radius 3 is 1.51 bits per heavy atom. The highest BCUT2D eigenvalue weighted by Crippen LogP contribution is 2.25. The van der Waals surface area contributed by atoms with Crippen molar-refractivity contribution in [3.8, 4) is 22.6 Å². The molecule has 0 spiro atoms.